The number of fused-ring (bicyclic) bond motifs is 1. The molecule has 1 aliphatic rings. The van der Waals surface area contributed by atoms with Gasteiger partial charge in [-0.2, -0.15) is 5.10 Å². The molecule has 2 N–H and O–H groups in total. The number of aromatic amines is 2. The van der Waals surface area contributed by atoms with E-state index in [0.29, 0.717) is 17.3 Å². The summed E-state index contributed by atoms with van der Waals surface area (Å²) in [6, 6.07) is 2.55. The van der Waals surface area contributed by atoms with Crippen LogP contribution in [0, 0.1) is 6.92 Å². The van der Waals surface area contributed by atoms with Gasteiger partial charge < -0.3 is 4.98 Å². The van der Waals surface area contributed by atoms with Gasteiger partial charge in [0.1, 0.15) is 10.5 Å². The maximum Gasteiger partial charge on any atom is 0.268 e. The monoisotopic (exact) mass is 329 g/mol. The second-order valence-electron chi connectivity index (χ2n) is 6.21. The van der Waals surface area contributed by atoms with Crippen molar-refractivity contribution in [1.82, 2.24) is 25.1 Å². The molecule has 1 atom stereocenters. The maximum atomic E-state index is 12.4. The van der Waals surface area contributed by atoms with Crippen molar-refractivity contribution >= 4 is 21.6 Å². The zero-order valence-corrected chi connectivity index (χ0v) is 14.0. The summed E-state index contributed by atoms with van der Waals surface area (Å²) in [7, 11) is 0. The molecule has 0 saturated carbocycles. The summed E-state index contributed by atoms with van der Waals surface area (Å²) in [4.78, 5) is 23.4. The summed E-state index contributed by atoms with van der Waals surface area (Å²) in [6.45, 7) is 5.99. The lowest BCUT2D eigenvalue weighted by Crippen LogP contribution is -2.28. The minimum atomic E-state index is -0.0470. The zero-order chi connectivity index (χ0) is 16.0. The Morgan fingerprint density at radius 3 is 3.04 bits per heavy atom. The van der Waals surface area contributed by atoms with Crippen molar-refractivity contribution in [3.8, 4) is 10.4 Å². The average Bonchev–Trinajstić information content (AvgIpc) is 3.20. The Morgan fingerprint density at radius 1 is 1.48 bits per heavy atom. The summed E-state index contributed by atoms with van der Waals surface area (Å²) in [5.74, 6) is 0.754. The lowest BCUT2D eigenvalue weighted by molar-refractivity contribution is 0.254. The Kier molecular flexibility index (Phi) is 3.54. The number of rotatable bonds is 3. The molecule has 0 radical (unpaired) electrons. The van der Waals surface area contributed by atoms with Crippen molar-refractivity contribution in [1.29, 1.82) is 0 Å². The van der Waals surface area contributed by atoms with Crippen molar-refractivity contribution in [2.24, 2.45) is 0 Å². The Hall–Kier alpha value is -1.99. The van der Waals surface area contributed by atoms with Crippen LogP contribution in [0.25, 0.3) is 20.7 Å². The molecule has 23 heavy (non-hydrogen) atoms. The van der Waals surface area contributed by atoms with Gasteiger partial charge in [-0.05, 0) is 39.3 Å². The number of nitrogens with zero attached hydrogens (tertiary/aromatic N) is 3. The van der Waals surface area contributed by atoms with Gasteiger partial charge in [-0.15, -0.1) is 11.3 Å². The number of hydrogen-bond donors (Lipinski definition) is 2. The lowest BCUT2D eigenvalue weighted by Gasteiger charge is -2.19. The van der Waals surface area contributed by atoms with E-state index >= 15 is 0 Å². The fourth-order valence-electron chi connectivity index (χ4n) is 3.22. The third-order valence-electron chi connectivity index (χ3n) is 4.57. The number of nitrogens with one attached hydrogen (secondary N) is 2. The van der Waals surface area contributed by atoms with Crippen molar-refractivity contribution in [2.45, 2.75) is 39.3 Å². The van der Waals surface area contributed by atoms with Gasteiger partial charge in [-0.1, -0.05) is 0 Å². The van der Waals surface area contributed by atoms with E-state index in [1.54, 1.807) is 6.20 Å². The Labute approximate surface area is 137 Å². The third kappa shape index (κ3) is 2.60. The first-order valence-corrected chi connectivity index (χ1v) is 8.70. The minimum Gasteiger partial charge on any atom is -0.308 e. The van der Waals surface area contributed by atoms with Crippen molar-refractivity contribution in [3.05, 3.63) is 34.1 Å². The van der Waals surface area contributed by atoms with E-state index < -0.39 is 0 Å². The van der Waals surface area contributed by atoms with Gasteiger partial charge in [0.2, 0.25) is 0 Å². The normalized spacial score (nSPS) is 19.0. The van der Waals surface area contributed by atoms with E-state index in [4.69, 9.17) is 0 Å². The minimum absolute atomic E-state index is 0.0470. The molecule has 3 aromatic rings. The first-order valence-electron chi connectivity index (χ1n) is 7.89. The number of H-pyrrole nitrogens is 2. The molecule has 0 bridgehead atoms. The topological polar surface area (TPSA) is 77.7 Å². The average molecular weight is 329 g/mol. The summed E-state index contributed by atoms with van der Waals surface area (Å²) in [5, 5.41) is 6.99. The second-order valence-corrected chi connectivity index (χ2v) is 7.26. The highest BCUT2D eigenvalue weighted by Gasteiger charge is 2.21. The predicted molar refractivity (Wildman–Crippen MR) is 91.7 cm³/mol. The Bertz CT molecular complexity index is 909. The molecule has 7 heteroatoms. The van der Waals surface area contributed by atoms with Gasteiger partial charge >= 0.3 is 0 Å². The lowest BCUT2D eigenvalue weighted by atomic mass is 10.2. The quantitative estimate of drug-likeness (QED) is 0.774. The van der Waals surface area contributed by atoms with Crippen LogP contribution in [0.1, 0.15) is 31.3 Å². The summed E-state index contributed by atoms with van der Waals surface area (Å²) >= 11 is 1.47. The molecule has 0 aromatic carbocycles. The molecule has 0 spiro atoms. The second kappa shape index (κ2) is 5.58. The highest BCUT2D eigenvalue weighted by Crippen LogP contribution is 2.32. The molecule has 0 amide bonds. The molecule has 0 unspecified atom stereocenters. The highest BCUT2D eigenvalue weighted by molar-refractivity contribution is 7.22. The van der Waals surface area contributed by atoms with Crippen LogP contribution in [0.15, 0.2) is 17.1 Å². The molecule has 4 heterocycles. The van der Waals surface area contributed by atoms with Gasteiger partial charge in [0.15, 0.2) is 0 Å². The van der Waals surface area contributed by atoms with E-state index in [-0.39, 0.29) is 5.56 Å². The van der Waals surface area contributed by atoms with E-state index in [0.717, 1.165) is 34.0 Å². The van der Waals surface area contributed by atoms with Crippen molar-refractivity contribution in [2.75, 3.05) is 6.54 Å². The van der Waals surface area contributed by atoms with Crippen LogP contribution in [0.4, 0.5) is 0 Å². The van der Waals surface area contributed by atoms with Crippen molar-refractivity contribution < 1.29 is 0 Å². The molecule has 4 rings (SSSR count). The molecular weight excluding hydrogens is 310 g/mol. The van der Waals surface area contributed by atoms with Crippen LogP contribution in [-0.4, -0.2) is 37.7 Å². The Morgan fingerprint density at radius 2 is 2.35 bits per heavy atom. The molecule has 0 aliphatic carbocycles. The smallest absolute Gasteiger partial charge is 0.268 e. The van der Waals surface area contributed by atoms with Crippen LogP contribution in [0.5, 0.6) is 0 Å². The first kappa shape index (κ1) is 14.6. The van der Waals surface area contributed by atoms with Crippen LogP contribution in [-0.2, 0) is 6.54 Å². The standard InChI is InChI=1S/C16H19N5OS/c1-9-4-3-5-21(9)8-14-18-12-6-13(11-7-17-20-10(11)2)23-15(12)16(22)19-14/h6-7,9H,3-5,8H2,1-2H3,(H,17,20)(H,18,19,22)/t9-/m1/s1. The molecule has 3 aromatic heterocycles. The van der Waals surface area contributed by atoms with E-state index in [1.807, 2.05) is 13.0 Å². The third-order valence-corrected chi connectivity index (χ3v) is 5.73. The fourth-order valence-corrected chi connectivity index (χ4v) is 4.27. The number of likely N-dealkylation sites (tertiary alicyclic amines) is 1. The van der Waals surface area contributed by atoms with Crippen LogP contribution in [0.3, 0.4) is 0 Å². The van der Waals surface area contributed by atoms with E-state index in [9.17, 15) is 4.79 Å². The van der Waals surface area contributed by atoms with E-state index in [2.05, 4.69) is 32.0 Å². The van der Waals surface area contributed by atoms with Gasteiger partial charge in [0.25, 0.3) is 5.56 Å². The number of aromatic nitrogens is 4. The molecular formula is C16H19N5OS. The molecule has 1 aliphatic heterocycles. The van der Waals surface area contributed by atoms with Gasteiger partial charge in [-0.3, -0.25) is 14.8 Å². The van der Waals surface area contributed by atoms with Gasteiger partial charge in [-0.25, -0.2) is 4.98 Å². The van der Waals surface area contributed by atoms with Gasteiger partial charge in [0, 0.05) is 22.2 Å². The highest BCUT2D eigenvalue weighted by atomic mass is 32.1. The largest absolute Gasteiger partial charge is 0.308 e. The Balaban J connectivity index is 1.72. The molecule has 1 saturated heterocycles. The van der Waals surface area contributed by atoms with E-state index in [1.165, 1.54) is 24.2 Å². The summed E-state index contributed by atoms with van der Waals surface area (Å²) in [6.07, 6.45) is 4.23. The molecule has 6 nitrogen and oxygen atoms in total. The first-order chi connectivity index (χ1) is 11.1. The maximum absolute atomic E-state index is 12.4. The fraction of sp³-hybridized carbons (Fsp3) is 0.438. The zero-order valence-electron chi connectivity index (χ0n) is 13.2. The van der Waals surface area contributed by atoms with Crippen LogP contribution < -0.4 is 5.56 Å². The summed E-state index contributed by atoms with van der Waals surface area (Å²) in [5.41, 5.74) is 2.76. The molecule has 1 fully saturated rings. The number of aryl methyl sites for hydroxylation is 1. The number of thiophene rings is 1. The van der Waals surface area contributed by atoms with Crippen molar-refractivity contribution in [3.63, 3.8) is 0 Å². The van der Waals surface area contributed by atoms with Crippen LogP contribution >= 0.6 is 11.3 Å². The predicted octanol–water partition coefficient (Wildman–Crippen LogP) is 2.67. The van der Waals surface area contributed by atoms with Crippen LogP contribution in [0.2, 0.25) is 0 Å². The molecule has 120 valence electrons. The van der Waals surface area contributed by atoms with Gasteiger partial charge in [0.05, 0.1) is 18.3 Å². The summed E-state index contributed by atoms with van der Waals surface area (Å²) < 4.78 is 0.679. The SMILES string of the molecule is Cc1[nH]ncc1-c1cc2nc(CN3CCC[C@H]3C)[nH]c(=O)c2s1. The number of hydrogen-bond acceptors (Lipinski definition) is 5.